The zero-order valence-electron chi connectivity index (χ0n) is 25.2. The number of hydrogen-bond acceptors (Lipinski definition) is 13. The number of ether oxygens (including phenoxy) is 1. The van der Waals surface area contributed by atoms with E-state index in [1.807, 2.05) is 19.3 Å². The van der Waals surface area contributed by atoms with Crippen LogP contribution < -0.4 is 20.5 Å². The Bertz CT molecular complexity index is 1800. The molecule has 248 valence electrons. The number of benzene rings is 1. The average molecular weight is 681 g/mol. The first-order valence-corrected chi connectivity index (χ1v) is 16.5. The number of β-lactam (4-membered cyclic amide) rings is 1. The van der Waals surface area contributed by atoms with E-state index in [-0.39, 0.29) is 10.8 Å². The van der Waals surface area contributed by atoms with E-state index in [2.05, 4.69) is 29.1 Å². The lowest BCUT2D eigenvalue weighted by Crippen LogP contribution is -2.68. The van der Waals surface area contributed by atoms with Gasteiger partial charge in [0.1, 0.15) is 23.6 Å². The minimum atomic E-state index is -4.98. The largest absolute Gasteiger partial charge is 0.489 e. The Morgan fingerprint density at radius 1 is 1.30 bits per heavy atom. The number of hydroxylamine groups is 2. The number of amides is 1. The van der Waals surface area contributed by atoms with Crippen LogP contribution in [0.3, 0.4) is 0 Å². The summed E-state index contributed by atoms with van der Waals surface area (Å²) in [5, 5.41) is 19.9. The number of nitrogens with two attached hydrogens (primary N) is 1. The molecule has 5 N–H and O–H groups in total. The number of rotatable bonds is 13. The van der Waals surface area contributed by atoms with Crippen LogP contribution in [0.1, 0.15) is 44.8 Å². The monoisotopic (exact) mass is 680 g/mol. The second-order valence-corrected chi connectivity index (χ2v) is 13.4. The molecule has 5 rings (SSSR count). The highest BCUT2D eigenvalue weighted by atomic mass is 32.3. The van der Waals surface area contributed by atoms with Gasteiger partial charge in [0.05, 0.1) is 23.9 Å². The number of anilines is 1. The number of nitrogen functional groups attached to an aromatic ring is 1. The molecule has 1 amide bonds. The number of ketones is 1. The van der Waals surface area contributed by atoms with Gasteiger partial charge in [0.25, 0.3) is 12.0 Å². The van der Waals surface area contributed by atoms with Gasteiger partial charge in [-0.3, -0.25) is 14.1 Å². The number of oxime groups is 1. The quantitative estimate of drug-likeness (QED) is 0.0639. The Kier molecular flexibility index (Phi) is 9.32. The maximum Gasteiger partial charge on any atom is 0.418 e. The van der Waals surface area contributed by atoms with Crippen molar-refractivity contribution < 1.29 is 51.0 Å². The minimum Gasteiger partial charge on any atom is -0.489 e. The molecule has 2 aromatic heterocycles. The fraction of sp³-hybridized carbons (Fsp3) is 0.481. The summed E-state index contributed by atoms with van der Waals surface area (Å²) < 4.78 is 45.6. The lowest BCUT2D eigenvalue weighted by atomic mass is 9.74. The van der Waals surface area contributed by atoms with E-state index in [0.717, 1.165) is 48.2 Å². The maximum absolute atomic E-state index is 13.4. The van der Waals surface area contributed by atoms with Gasteiger partial charge in [-0.2, -0.15) is 18.2 Å². The van der Waals surface area contributed by atoms with Gasteiger partial charge in [-0.1, -0.05) is 5.16 Å². The number of carbonyl (C=O) groups is 3. The molecule has 4 heterocycles. The molecule has 46 heavy (non-hydrogen) atoms. The minimum absolute atomic E-state index is 0.00948. The first-order valence-electron chi connectivity index (χ1n) is 14.2. The molecule has 0 saturated carbocycles. The van der Waals surface area contributed by atoms with Gasteiger partial charge in [0.15, 0.2) is 22.7 Å². The number of carboxylic acid groups (broad SMARTS) is 1. The molecular formula is C27H34N7O10S2+. The molecule has 0 radical (unpaired) electrons. The summed E-state index contributed by atoms with van der Waals surface area (Å²) in [5.41, 5.74) is 4.99. The number of nitrogens with one attached hydrogen (secondary N) is 1. The Morgan fingerprint density at radius 2 is 2.02 bits per heavy atom. The van der Waals surface area contributed by atoms with Crippen LogP contribution in [-0.2, 0) is 41.0 Å². The van der Waals surface area contributed by atoms with Crippen LogP contribution in [0.15, 0.2) is 34.9 Å². The van der Waals surface area contributed by atoms with Gasteiger partial charge in [-0.25, -0.2) is 9.78 Å². The van der Waals surface area contributed by atoms with Gasteiger partial charge in [0.2, 0.25) is 6.20 Å². The van der Waals surface area contributed by atoms with Crippen molar-refractivity contribution >= 4 is 61.1 Å². The van der Waals surface area contributed by atoms with Crippen LogP contribution in [0.2, 0.25) is 0 Å². The number of fused-ring (bicyclic) bond motifs is 1. The number of carboxylic acids is 1. The van der Waals surface area contributed by atoms with E-state index < -0.39 is 64.4 Å². The number of nitrogens with zero attached hydrogens (tertiary/aromatic N) is 5. The third-order valence-corrected chi connectivity index (χ3v) is 9.07. The summed E-state index contributed by atoms with van der Waals surface area (Å²) >= 11 is 0.997. The number of carbonyl (C=O) groups excluding carboxylic acids is 2. The molecule has 0 aliphatic carbocycles. The van der Waals surface area contributed by atoms with E-state index in [1.54, 1.807) is 12.1 Å². The molecule has 2 atom stereocenters. The molecular weight excluding hydrogens is 646 g/mol. The molecule has 2 aliphatic heterocycles. The second kappa shape index (κ2) is 12.9. The van der Waals surface area contributed by atoms with E-state index in [9.17, 15) is 27.9 Å². The fourth-order valence-electron chi connectivity index (χ4n) is 5.52. The van der Waals surface area contributed by atoms with E-state index in [4.69, 9.17) is 19.9 Å². The topological polar surface area (TPSA) is 229 Å². The van der Waals surface area contributed by atoms with Crippen LogP contribution >= 0.6 is 11.3 Å². The number of aryl methyl sites for hydroxylation is 1. The Balaban J connectivity index is 1.30. The molecule has 0 bridgehead atoms. The lowest BCUT2D eigenvalue weighted by molar-refractivity contribution is -0.795. The Labute approximate surface area is 267 Å². The lowest BCUT2D eigenvalue weighted by Gasteiger charge is -2.50. The highest BCUT2D eigenvalue weighted by Crippen LogP contribution is 2.40. The van der Waals surface area contributed by atoms with Crippen molar-refractivity contribution in [2.45, 2.75) is 50.8 Å². The number of aromatic nitrogens is 3. The van der Waals surface area contributed by atoms with Crippen LogP contribution in [0.5, 0.6) is 5.75 Å². The molecule has 19 heteroatoms. The van der Waals surface area contributed by atoms with Crippen molar-refractivity contribution in [3.8, 4) is 5.75 Å². The summed E-state index contributed by atoms with van der Waals surface area (Å²) in [5.74, 6) is -3.71. The second-order valence-electron chi connectivity index (χ2n) is 11.5. The van der Waals surface area contributed by atoms with Crippen molar-refractivity contribution in [2.75, 3.05) is 25.4 Å². The average Bonchev–Trinajstić information content (AvgIpc) is 3.58. The highest BCUT2D eigenvalue weighted by Gasteiger charge is 2.57. The predicted octanol–water partition coefficient (Wildman–Crippen LogP) is 0.613. The number of aliphatic carboxylic acids is 1. The molecule has 1 aromatic carbocycles. The zero-order chi connectivity index (χ0) is 33.4. The predicted molar refractivity (Wildman–Crippen MR) is 162 cm³/mol. The normalized spacial score (nSPS) is 19.6. The Morgan fingerprint density at radius 3 is 2.63 bits per heavy atom. The van der Waals surface area contributed by atoms with Crippen molar-refractivity contribution in [3.05, 3.63) is 35.5 Å². The van der Waals surface area contributed by atoms with Crippen molar-refractivity contribution in [1.29, 1.82) is 0 Å². The standard InChI is InChI=1S/C27H33N7O10S2/c1-27(2)18(24(36)34(27)44-46(39,40)41)11-21(35)23(19-14-45-26(28)30-19)31-43-22(25(37)38)13-42-17-4-5-20-15(10-17)12-33(32(20)3)16-6-8-29-9-7-16/h4-5,10,12,14,16,18,22,29H,6-9,11,13H2,1-3H3,(H3-,28,30,37,38,39,40,41)/p+1/b31-23-/t18-,22+/m1/s1. The first-order chi connectivity index (χ1) is 21.7. The maximum atomic E-state index is 13.4. The van der Waals surface area contributed by atoms with Crippen LogP contribution in [0.4, 0.5) is 5.13 Å². The summed E-state index contributed by atoms with van der Waals surface area (Å²) in [6.45, 7) is 4.29. The van der Waals surface area contributed by atoms with Crippen LogP contribution in [0.25, 0.3) is 10.9 Å². The third kappa shape index (κ3) is 6.97. The number of hydrogen-bond donors (Lipinski definition) is 4. The third-order valence-electron chi connectivity index (χ3n) is 8.06. The van der Waals surface area contributed by atoms with Gasteiger partial charge in [0, 0.05) is 37.7 Å². The van der Waals surface area contributed by atoms with E-state index >= 15 is 0 Å². The summed E-state index contributed by atoms with van der Waals surface area (Å²) in [4.78, 5) is 47.3. The fourth-order valence-corrected chi connectivity index (χ4v) is 6.52. The smallest absolute Gasteiger partial charge is 0.418 e. The molecule has 2 saturated heterocycles. The van der Waals surface area contributed by atoms with Gasteiger partial charge >= 0.3 is 16.4 Å². The number of piperidine rings is 1. The van der Waals surface area contributed by atoms with Crippen molar-refractivity contribution in [3.63, 3.8) is 0 Å². The number of thiazole rings is 1. The van der Waals surface area contributed by atoms with Gasteiger partial charge < -0.3 is 25.7 Å². The molecule has 0 spiro atoms. The summed E-state index contributed by atoms with van der Waals surface area (Å²) in [6.07, 6.45) is 1.92. The molecule has 0 unspecified atom stereocenters. The molecule has 17 nitrogen and oxygen atoms in total. The number of Topliss-reactive ketones (excluding diaryl/α,β-unsaturated/α-hetero) is 1. The van der Waals surface area contributed by atoms with E-state index in [1.165, 1.54) is 19.2 Å². The molecule has 2 aliphatic rings. The summed E-state index contributed by atoms with van der Waals surface area (Å²) in [6, 6.07) is 5.75. The van der Waals surface area contributed by atoms with E-state index in [0.29, 0.717) is 16.9 Å². The summed E-state index contributed by atoms with van der Waals surface area (Å²) in [7, 11) is -3.00. The first kappa shape index (κ1) is 33.2. The van der Waals surface area contributed by atoms with Crippen LogP contribution in [-0.4, -0.2) is 87.5 Å². The van der Waals surface area contributed by atoms with Gasteiger partial charge in [-0.05, 0) is 32.0 Å². The Hall–Kier alpha value is -4.17. The highest BCUT2D eigenvalue weighted by molar-refractivity contribution is 7.80. The van der Waals surface area contributed by atoms with Gasteiger partial charge in [-0.15, -0.1) is 20.3 Å². The van der Waals surface area contributed by atoms with Crippen LogP contribution in [0, 0.1) is 5.92 Å². The SMILES string of the molecule is Cn1c2ccc(OC[C@H](O/N=C(\C(=O)C[C@@H]3C(=O)N(OS(=O)(=O)O)C3(C)C)c3csc(N)n3)C(=O)O)cc2c[n+]1C1CCNCC1. The molecule has 3 aromatic rings. The van der Waals surface area contributed by atoms with Crippen molar-refractivity contribution in [2.24, 2.45) is 18.1 Å². The molecule has 2 fully saturated rings. The van der Waals surface area contributed by atoms with Crippen molar-refractivity contribution in [1.82, 2.24) is 20.0 Å². The zero-order valence-corrected chi connectivity index (χ0v) is 26.8.